The summed E-state index contributed by atoms with van der Waals surface area (Å²) in [6.45, 7) is 1.95. The minimum absolute atomic E-state index is 0.0488. The number of nitrogens with two attached hydrogens (primary N) is 1. The third-order valence-corrected chi connectivity index (χ3v) is 5.33. The number of thiocarbonyl (C=S) groups is 1. The molecule has 0 spiro atoms. The highest BCUT2D eigenvalue weighted by Crippen LogP contribution is 2.30. The predicted octanol–water partition coefficient (Wildman–Crippen LogP) is 3.15. The summed E-state index contributed by atoms with van der Waals surface area (Å²) < 4.78 is 11.4. The van der Waals surface area contributed by atoms with Gasteiger partial charge in [0.15, 0.2) is 11.5 Å². The van der Waals surface area contributed by atoms with Crippen molar-refractivity contribution in [2.45, 2.75) is 19.4 Å². The summed E-state index contributed by atoms with van der Waals surface area (Å²) in [5.74, 6) is 1.06. The second-order valence-electron chi connectivity index (χ2n) is 6.61. The van der Waals surface area contributed by atoms with Gasteiger partial charge in [0.25, 0.3) is 0 Å². The first-order chi connectivity index (χ1) is 13.1. The third kappa shape index (κ3) is 4.77. The molecule has 0 saturated carbocycles. The highest BCUT2D eigenvalue weighted by molar-refractivity contribution is 7.80. The summed E-state index contributed by atoms with van der Waals surface area (Å²) in [5, 5.41) is 0. The Labute approximate surface area is 165 Å². The maximum Gasteiger partial charge on any atom is 0.220 e. The second kappa shape index (κ2) is 8.86. The molecule has 2 N–H and O–H groups in total. The van der Waals surface area contributed by atoms with E-state index in [2.05, 4.69) is 4.90 Å². The van der Waals surface area contributed by atoms with E-state index in [0.717, 1.165) is 42.0 Å². The molecule has 1 aliphatic heterocycles. The van der Waals surface area contributed by atoms with Crippen LogP contribution >= 0.6 is 12.2 Å². The van der Waals surface area contributed by atoms with Gasteiger partial charge in [0.1, 0.15) is 11.6 Å². The van der Waals surface area contributed by atoms with Crippen LogP contribution < -0.4 is 15.2 Å². The zero-order valence-electron chi connectivity index (χ0n) is 15.4. The number of nitrogens with zero attached hydrogens (tertiary/aromatic N) is 1. The molecule has 1 heterocycles. The average molecular weight is 385 g/mol. The van der Waals surface area contributed by atoms with Crippen molar-refractivity contribution in [3.63, 3.8) is 0 Å². The molecule has 0 aliphatic carbocycles. The number of amides is 1. The number of carbonyl (C=O) groups is 1. The topological polar surface area (TPSA) is 64.8 Å². The minimum atomic E-state index is -0.220. The van der Waals surface area contributed by atoms with Crippen molar-refractivity contribution in [3.05, 3.63) is 59.7 Å². The molecule has 6 heteroatoms. The number of primary amides is 1. The van der Waals surface area contributed by atoms with Gasteiger partial charge in [-0.15, -0.1) is 0 Å². The highest BCUT2D eigenvalue weighted by atomic mass is 32.1. The summed E-state index contributed by atoms with van der Waals surface area (Å²) in [6.07, 6.45) is 1.48. The van der Waals surface area contributed by atoms with Crippen molar-refractivity contribution in [2.75, 3.05) is 20.2 Å². The van der Waals surface area contributed by atoms with E-state index in [-0.39, 0.29) is 11.8 Å². The van der Waals surface area contributed by atoms with E-state index in [9.17, 15) is 4.79 Å². The van der Waals surface area contributed by atoms with Gasteiger partial charge in [0.2, 0.25) is 5.91 Å². The summed E-state index contributed by atoms with van der Waals surface area (Å²) in [5.41, 5.74) is 7.41. The van der Waals surface area contributed by atoms with Crippen LogP contribution in [0.15, 0.2) is 48.5 Å². The fourth-order valence-electron chi connectivity index (χ4n) is 3.20. The Kier molecular flexibility index (Phi) is 6.29. The van der Waals surface area contributed by atoms with Gasteiger partial charge in [0.05, 0.1) is 7.11 Å². The number of hydrogen-bond donors (Lipinski definition) is 1. The van der Waals surface area contributed by atoms with Crippen molar-refractivity contribution in [1.82, 2.24) is 4.90 Å². The first-order valence-electron chi connectivity index (χ1n) is 9.02. The molecular weight excluding hydrogens is 360 g/mol. The van der Waals surface area contributed by atoms with Crippen molar-refractivity contribution in [1.29, 1.82) is 0 Å². The minimum Gasteiger partial charge on any atom is -0.493 e. The monoisotopic (exact) mass is 384 g/mol. The molecule has 142 valence electrons. The number of carbonyl (C=O) groups excluding carboxylic acids is 1. The summed E-state index contributed by atoms with van der Waals surface area (Å²) in [4.78, 5) is 14.2. The van der Waals surface area contributed by atoms with Gasteiger partial charge in [0, 0.05) is 24.6 Å². The van der Waals surface area contributed by atoms with Crippen LogP contribution in [0.4, 0.5) is 0 Å². The van der Waals surface area contributed by atoms with Gasteiger partial charge in [-0.05, 0) is 36.6 Å². The van der Waals surface area contributed by atoms with Gasteiger partial charge < -0.3 is 20.1 Å². The van der Waals surface area contributed by atoms with E-state index in [1.54, 1.807) is 7.11 Å². The molecule has 1 saturated heterocycles. The van der Waals surface area contributed by atoms with Gasteiger partial charge in [-0.25, -0.2) is 0 Å². The molecule has 0 unspecified atom stereocenters. The Hall–Kier alpha value is -2.60. The van der Waals surface area contributed by atoms with Gasteiger partial charge in [-0.1, -0.05) is 42.5 Å². The maximum absolute atomic E-state index is 11.3. The van der Waals surface area contributed by atoms with E-state index in [1.807, 2.05) is 48.5 Å². The summed E-state index contributed by atoms with van der Waals surface area (Å²) >= 11 is 5.65. The standard InChI is InChI=1S/C21H24N2O3S/c1-25-19-13-17(21(27)23-11-9-16(10-12-23)20(22)24)7-8-18(19)26-14-15-5-3-2-4-6-15/h2-8,13,16H,9-12,14H2,1H3,(H2,22,24). The quantitative estimate of drug-likeness (QED) is 0.775. The first kappa shape index (κ1) is 19.2. The van der Waals surface area contributed by atoms with Gasteiger partial charge in [-0.2, -0.15) is 0 Å². The van der Waals surface area contributed by atoms with Crippen LogP contribution in [0, 0.1) is 5.92 Å². The number of piperidine rings is 1. The lowest BCUT2D eigenvalue weighted by molar-refractivity contribution is -0.122. The Bertz CT molecular complexity index is 802. The van der Waals surface area contributed by atoms with Crippen LogP contribution in [-0.4, -0.2) is 36.0 Å². The third-order valence-electron chi connectivity index (χ3n) is 4.83. The second-order valence-corrected chi connectivity index (χ2v) is 7.00. The molecule has 0 aromatic heterocycles. The molecule has 1 aliphatic rings. The van der Waals surface area contributed by atoms with Gasteiger partial charge in [-0.3, -0.25) is 4.79 Å². The zero-order chi connectivity index (χ0) is 19.2. The van der Waals surface area contributed by atoms with E-state index in [0.29, 0.717) is 18.1 Å². The summed E-state index contributed by atoms with van der Waals surface area (Å²) in [7, 11) is 1.62. The molecule has 0 atom stereocenters. The fraction of sp³-hybridized carbons (Fsp3) is 0.333. The number of benzene rings is 2. The van der Waals surface area contributed by atoms with Crippen LogP contribution in [0.5, 0.6) is 11.5 Å². The highest BCUT2D eigenvalue weighted by Gasteiger charge is 2.25. The largest absolute Gasteiger partial charge is 0.493 e. The molecule has 1 amide bonds. The van der Waals surface area contributed by atoms with Crippen LogP contribution in [0.3, 0.4) is 0 Å². The predicted molar refractivity (Wildman–Crippen MR) is 109 cm³/mol. The lowest BCUT2D eigenvalue weighted by Crippen LogP contribution is -2.41. The lowest BCUT2D eigenvalue weighted by Gasteiger charge is -2.32. The Morgan fingerprint density at radius 3 is 2.48 bits per heavy atom. The molecule has 0 bridgehead atoms. The van der Waals surface area contributed by atoms with Crippen molar-refractivity contribution in [2.24, 2.45) is 11.7 Å². The molecule has 2 aromatic rings. The number of methoxy groups -OCH3 is 1. The normalized spacial score (nSPS) is 14.6. The van der Waals surface area contributed by atoms with E-state index in [4.69, 9.17) is 27.4 Å². The zero-order valence-corrected chi connectivity index (χ0v) is 16.2. The van der Waals surface area contributed by atoms with E-state index in [1.165, 1.54) is 0 Å². The molecular formula is C21H24N2O3S. The molecule has 27 heavy (non-hydrogen) atoms. The number of rotatable bonds is 6. The number of likely N-dealkylation sites (tertiary alicyclic amines) is 1. The summed E-state index contributed by atoms with van der Waals surface area (Å²) in [6, 6.07) is 15.7. The van der Waals surface area contributed by atoms with Gasteiger partial charge >= 0.3 is 0 Å². The molecule has 3 rings (SSSR count). The smallest absolute Gasteiger partial charge is 0.220 e. The molecule has 1 fully saturated rings. The van der Waals surface area contributed by atoms with E-state index >= 15 is 0 Å². The number of hydrogen-bond acceptors (Lipinski definition) is 4. The van der Waals surface area contributed by atoms with Crippen LogP contribution in [0.1, 0.15) is 24.0 Å². The Morgan fingerprint density at radius 2 is 1.85 bits per heavy atom. The molecule has 2 aromatic carbocycles. The Morgan fingerprint density at radius 1 is 1.15 bits per heavy atom. The van der Waals surface area contributed by atoms with Crippen molar-refractivity contribution < 1.29 is 14.3 Å². The first-order valence-corrected chi connectivity index (χ1v) is 9.42. The van der Waals surface area contributed by atoms with Crippen LogP contribution in [0.2, 0.25) is 0 Å². The molecule has 5 nitrogen and oxygen atoms in total. The van der Waals surface area contributed by atoms with E-state index < -0.39 is 0 Å². The van der Waals surface area contributed by atoms with Crippen LogP contribution in [0.25, 0.3) is 0 Å². The van der Waals surface area contributed by atoms with Crippen molar-refractivity contribution >= 4 is 23.1 Å². The fourth-order valence-corrected chi connectivity index (χ4v) is 3.51. The van der Waals surface area contributed by atoms with Crippen molar-refractivity contribution in [3.8, 4) is 11.5 Å². The van der Waals surface area contributed by atoms with Crippen LogP contribution in [-0.2, 0) is 11.4 Å². The maximum atomic E-state index is 11.3. The SMILES string of the molecule is COc1cc(C(=S)N2CCC(C(N)=O)CC2)ccc1OCc1ccccc1. The lowest BCUT2D eigenvalue weighted by atomic mass is 9.96. The number of ether oxygens (including phenoxy) is 2. The average Bonchev–Trinajstić information content (AvgIpc) is 2.72. The Balaban J connectivity index is 1.66. The molecule has 0 radical (unpaired) electrons.